The third kappa shape index (κ3) is 2.47. The average molecular weight is 248 g/mol. The van der Waals surface area contributed by atoms with Crippen LogP contribution >= 0.6 is 23.2 Å². The highest BCUT2D eigenvalue weighted by molar-refractivity contribution is 7.83. The predicted octanol–water partition coefficient (Wildman–Crippen LogP) is 1.80. The Kier molecular flexibility index (Phi) is 3.46. The lowest BCUT2D eigenvalue weighted by atomic mass is 10.2. The molecule has 1 saturated carbocycles. The topological polar surface area (TPSA) is 57.6 Å². The van der Waals surface area contributed by atoms with Gasteiger partial charge in [0, 0.05) is 0 Å². The van der Waals surface area contributed by atoms with E-state index in [1.807, 2.05) is 0 Å². The van der Waals surface area contributed by atoms with Crippen LogP contribution in [0.2, 0.25) is 0 Å². The highest BCUT2D eigenvalue weighted by atomic mass is 35.5. The summed E-state index contributed by atoms with van der Waals surface area (Å²) in [6.07, 6.45) is 2.76. The molecule has 0 aliphatic heterocycles. The molecule has 0 aromatic heterocycles. The van der Waals surface area contributed by atoms with Gasteiger partial charge in [-0.05, 0) is 12.8 Å². The van der Waals surface area contributed by atoms with Gasteiger partial charge in [0.25, 0.3) is 0 Å². The van der Waals surface area contributed by atoms with Crippen molar-refractivity contribution in [2.45, 2.75) is 30.7 Å². The van der Waals surface area contributed by atoms with Crippen LogP contribution < -0.4 is 0 Å². The third-order valence-electron chi connectivity index (χ3n) is 2.20. The van der Waals surface area contributed by atoms with E-state index >= 15 is 0 Å². The molecule has 1 rings (SSSR count). The molecular weight excluding hydrogens is 237 g/mol. The molecule has 1 N–H and O–H groups in total. The Morgan fingerprint density at radius 3 is 2.15 bits per heavy atom. The van der Waals surface area contributed by atoms with Crippen molar-refractivity contribution >= 4 is 33.5 Å². The fourth-order valence-electron chi connectivity index (χ4n) is 1.54. The van der Waals surface area contributed by atoms with Crippen molar-refractivity contribution in [1.82, 2.24) is 4.31 Å². The lowest BCUT2D eigenvalue weighted by molar-refractivity contribution is 0.281. The van der Waals surface area contributed by atoms with Crippen LogP contribution in [0.25, 0.3) is 0 Å². The first-order chi connectivity index (χ1) is 5.90. The maximum atomic E-state index is 10.9. The zero-order valence-corrected chi connectivity index (χ0v) is 9.24. The highest BCUT2D eigenvalue weighted by Gasteiger charge is 2.43. The quantitative estimate of drug-likeness (QED) is 0.470. The van der Waals surface area contributed by atoms with Crippen LogP contribution in [0.4, 0.5) is 0 Å². The van der Waals surface area contributed by atoms with Crippen LogP contribution in [0.5, 0.6) is 0 Å². The monoisotopic (exact) mass is 247 g/mol. The summed E-state index contributed by atoms with van der Waals surface area (Å²) < 4.78 is 31.3. The van der Waals surface area contributed by atoms with Crippen molar-refractivity contribution in [2.24, 2.45) is 0 Å². The molecule has 0 spiro atoms. The molecule has 13 heavy (non-hydrogen) atoms. The van der Waals surface area contributed by atoms with E-state index in [2.05, 4.69) is 0 Å². The molecule has 0 amide bonds. The molecule has 0 radical (unpaired) electrons. The number of nitrogens with zero attached hydrogens (tertiary/aromatic N) is 1. The fourth-order valence-corrected chi connectivity index (χ4v) is 3.51. The van der Waals surface area contributed by atoms with Crippen LogP contribution in [-0.2, 0) is 10.3 Å². The molecule has 0 atom stereocenters. The van der Waals surface area contributed by atoms with Gasteiger partial charge < -0.3 is 0 Å². The minimum Gasteiger partial charge on any atom is -0.273 e. The van der Waals surface area contributed by atoms with Gasteiger partial charge >= 0.3 is 10.3 Å². The van der Waals surface area contributed by atoms with Crippen molar-refractivity contribution in [3.05, 3.63) is 0 Å². The normalized spacial score (nSPS) is 22.5. The lowest BCUT2D eigenvalue weighted by Gasteiger charge is -2.30. The van der Waals surface area contributed by atoms with Gasteiger partial charge in [-0.1, -0.05) is 12.8 Å². The van der Waals surface area contributed by atoms with Gasteiger partial charge in [0.05, 0.1) is 6.00 Å². The Balaban J connectivity index is 2.89. The third-order valence-corrected chi connectivity index (χ3v) is 4.30. The Labute approximate surface area is 87.7 Å². The van der Waals surface area contributed by atoms with E-state index in [0.29, 0.717) is 12.8 Å². The molecule has 0 aromatic carbocycles. The molecule has 0 heterocycles. The second-order valence-electron chi connectivity index (χ2n) is 3.07. The van der Waals surface area contributed by atoms with Crippen LogP contribution in [0.1, 0.15) is 25.7 Å². The molecule has 7 heteroatoms. The first kappa shape index (κ1) is 11.5. The zero-order valence-electron chi connectivity index (χ0n) is 6.91. The summed E-state index contributed by atoms with van der Waals surface area (Å²) in [5.41, 5.74) is 0. The Morgan fingerprint density at radius 2 is 1.85 bits per heavy atom. The van der Waals surface area contributed by atoms with E-state index in [1.54, 1.807) is 0 Å². The minimum absolute atomic E-state index is 0.317. The summed E-state index contributed by atoms with van der Waals surface area (Å²) in [6, 6.07) is -0.317. The number of hydrogen-bond acceptors (Lipinski definition) is 2. The number of halogens is 2. The van der Waals surface area contributed by atoms with Gasteiger partial charge in [-0.3, -0.25) is 4.55 Å². The predicted molar refractivity (Wildman–Crippen MR) is 51.2 cm³/mol. The van der Waals surface area contributed by atoms with E-state index in [9.17, 15) is 8.42 Å². The van der Waals surface area contributed by atoms with Gasteiger partial charge in [0.2, 0.25) is 0 Å². The second kappa shape index (κ2) is 3.90. The number of hydrogen-bond donors (Lipinski definition) is 1. The highest BCUT2D eigenvalue weighted by Crippen LogP contribution is 2.40. The van der Waals surface area contributed by atoms with Crippen LogP contribution in [0.3, 0.4) is 0 Å². The summed E-state index contributed by atoms with van der Waals surface area (Å²) in [5, 5.41) is 0. The van der Waals surface area contributed by atoms with Crippen LogP contribution in [0, 0.1) is 0 Å². The Bertz CT molecular complexity index is 274. The zero-order chi connectivity index (χ0) is 10.1. The first-order valence-corrected chi connectivity index (χ1v) is 6.21. The van der Waals surface area contributed by atoms with Gasteiger partial charge in [0.1, 0.15) is 5.00 Å². The van der Waals surface area contributed by atoms with E-state index in [0.717, 1.165) is 17.1 Å². The molecule has 0 unspecified atom stereocenters. The van der Waals surface area contributed by atoms with Crippen LogP contribution in [-0.4, -0.2) is 28.3 Å². The average Bonchev–Trinajstić information content (AvgIpc) is 2.34. The Hall–Kier alpha value is 0.450. The van der Waals surface area contributed by atoms with Crippen LogP contribution in [0.15, 0.2) is 0 Å². The molecule has 1 fully saturated rings. The first-order valence-electron chi connectivity index (χ1n) is 3.90. The van der Waals surface area contributed by atoms with Crippen molar-refractivity contribution in [1.29, 1.82) is 0 Å². The smallest absolute Gasteiger partial charge is 0.273 e. The van der Waals surface area contributed by atoms with Gasteiger partial charge in [0.15, 0.2) is 0 Å². The standard InChI is InChI=1S/C6H11Cl2NO3S/c7-5-9(13(10,11)12)6(8)3-1-2-4-6/h1-5H2,(H,10,11,12). The van der Waals surface area contributed by atoms with E-state index < -0.39 is 15.3 Å². The molecule has 78 valence electrons. The van der Waals surface area contributed by atoms with Gasteiger partial charge in [-0.25, -0.2) is 0 Å². The maximum absolute atomic E-state index is 10.9. The molecular formula is C6H11Cl2NO3S. The van der Waals surface area contributed by atoms with E-state index in [1.165, 1.54) is 0 Å². The van der Waals surface area contributed by atoms with Crippen molar-refractivity contribution < 1.29 is 13.0 Å². The van der Waals surface area contributed by atoms with E-state index in [-0.39, 0.29) is 6.00 Å². The summed E-state index contributed by atoms with van der Waals surface area (Å²) in [5.74, 6) is 0. The summed E-state index contributed by atoms with van der Waals surface area (Å²) in [7, 11) is -4.29. The molecule has 0 aromatic rings. The van der Waals surface area contributed by atoms with Gasteiger partial charge in [-0.15, -0.1) is 27.5 Å². The van der Waals surface area contributed by atoms with Gasteiger partial charge in [-0.2, -0.15) is 8.42 Å². The number of rotatable bonds is 3. The molecule has 4 nitrogen and oxygen atoms in total. The summed E-state index contributed by atoms with van der Waals surface area (Å²) >= 11 is 11.4. The molecule has 1 aliphatic rings. The SMILES string of the molecule is O=S(=O)(O)N(CCl)C1(Cl)CCCC1. The Morgan fingerprint density at radius 1 is 1.38 bits per heavy atom. The fraction of sp³-hybridized carbons (Fsp3) is 1.00. The molecule has 0 saturated heterocycles. The molecule has 0 bridgehead atoms. The summed E-state index contributed by atoms with van der Waals surface area (Å²) in [6.45, 7) is 0. The largest absolute Gasteiger partial charge is 0.338 e. The molecule has 1 aliphatic carbocycles. The number of alkyl halides is 2. The summed E-state index contributed by atoms with van der Waals surface area (Å²) in [4.78, 5) is -1.02. The van der Waals surface area contributed by atoms with Crippen molar-refractivity contribution in [3.63, 3.8) is 0 Å². The maximum Gasteiger partial charge on any atom is 0.338 e. The van der Waals surface area contributed by atoms with E-state index in [4.69, 9.17) is 27.8 Å². The lowest BCUT2D eigenvalue weighted by Crippen LogP contribution is -2.45. The van der Waals surface area contributed by atoms with Crippen molar-refractivity contribution in [3.8, 4) is 0 Å². The minimum atomic E-state index is -4.29. The van der Waals surface area contributed by atoms with Crippen molar-refractivity contribution in [2.75, 3.05) is 6.00 Å². The second-order valence-corrected chi connectivity index (χ2v) is 5.35.